The lowest BCUT2D eigenvalue weighted by atomic mass is 10.1. The van der Waals surface area contributed by atoms with Crippen molar-refractivity contribution in [2.24, 2.45) is 0 Å². The molecule has 0 bridgehead atoms. The van der Waals surface area contributed by atoms with Crippen molar-refractivity contribution in [2.45, 2.75) is 18.7 Å². The molecular weight excluding hydrogens is 533 g/mol. The number of anilines is 3. The number of para-hydroxylation sites is 1. The predicted molar refractivity (Wildman–Crippen MR) is 140 cm³/mol. The molecule has 0 aliphatic rings. The molecule has 0 fully saturated rings. The number of rotatable bonds is 8. The maximum Gasteiger partial charge on any atom is 0.261 e. The van der Waals surface area contributed by atoms with E-state index in [4.69, 9.17) is 23.2 Å². The summed E-state index contributed by atoms with van der Waals surface area (Å²) in [6.07, 6.45) is 0.952. The van der Waals surface area contributed by atoms with Crippen molar-refractivity contribution in [2.75, 3.05) is 27.1 Å². The highest BCUT2D eigenvalue weighted by Gasteiger charge is 2.23. The molecule has 3 rings (SSSR count). The van der Waals surface area contributed by atoms with Gasteiger partial charge in [-0.05, 0) is 67.4 Å². The van der Waals surface area contributed by atoms with Gasteiger partial charge in [0.25, 0.3) is 10.0 Å². The molecule has 8 nitrogen and oxygen atoms in total. The Labute approximate surface area is 215 Å². The SMILES string of the molecule is Cc1cccc(C)c1NS(=O)(=O)c1ccc(NC(=O)CN(c2ccc(Cl)cc2Cl)S(C)(=O)=O)cc1. The van der Waals surface area contributed by atoms with Gasteiger partial charge >= 0.3 is 0 Å². The summed E-state index contributed by atoms with van der Waals surface area (Å²) in [4.78, 5) is 12.6. The van der Waals surface area contributed by atoms with Gasteiger partial charge in [-0.15, -0.1) is 0 Å². The number of sulfonamides is 2. The lowest BCUT2D eigenvalue weighted by molar-refractivity contribution is -0.114. The van der Waals surface area contributed by atoms with Crippen LogP contribution in [0, 0.1) is 13.8 Å². The highest BCUT2D eigenvalue weighted by molar-refractivity contribution is 7.92. The number of amides is 1. The molecule has 0 unspecified atom stereocenters. The summed E-state index contributed by atoms with van der Waals surface area (Å²) in [6.45, 7) is 3.06. The Hall–Kier alpha value is -2.79. The van der Waals surface area contributed by atoms with Crippen LogP contribution in [0.15, 0.2) is 65.6 Å². The smallest absolute Gasteiger partial charge is 0.261 e. The average molecular weight is 556 g/mol. The van der Waals surface area contributed by atoms with Crippen LogP contribution in [-0.4, -0.2) is 35.5 Å². The van der Waals surface area contributed by atoms with Crippen molar-refractivity contribution >= 4 is 66.2 Å². The summed E-state index contributed by atoms with van der Waals surface area (Å²) in [7, 11) is -7.71. The number of hydrogen-bond donors (Lipinski definition) is 2. The molecule has 0 aliphatic carbocycles. The van der Waals surface area contributed by atoms with Gasteiger partial charge in [0, 0.05) is 10.7 Å². The summed E-state index contributed by atoms with van der Waals surface area (Å²) in [5.74, 6) is -0.647. The third-order valence-corrected chi connectivity index (χ3v) is 8.06. The Balaban J connectivity index is 1.75. The Morgan fingerprint density at radius 3 is 2.06 bits per heavy atom. The van der Waals surface area contributed by atoms with Crippen LogP contribution in [0.25, 0.3) is 0 Å². The van der Waals surface area contributed by atoms with Crippen LogP contribution in [0.2, 0.25) is 10.0 Å². The molecule has 186 valence electrons. The summed E-state index contributed by atoms with van der Waals surface area (Å²) in [5, 5.41) is 2.95. The third kappa shape index (κ3) is 6.66. The van der Waals surface area contributed by atoms with E-state index in [1.54, 1.807) is 26.0 Å². The number of benzene rings is 3. The molecule has 0 radical (unpaired) electrons. The Kier molecular flexibility index (Phi) is 8.00. The topological polar surface area (TPSA) is 113 Å². The first-order chi connectivity index (χ1) is 16.3. The maximum absolute atomic E-state index is 12.8. The average Bonchev–Trinajstić information content (AvgIpc) is 2.75. The number of carbonyl (C=O) groups excluding carboxylic acids is 1. The Bertz CT molecular complexity index is 1460. The molecule has 0 saturated carbocycles. The normalized spacial score (nSPS) is 11.7. The van der Waals surface area contributed by atoms with Crippen molar-refractivity contribution in [3.05, 3.63) is 81.8 Å². The fourth-order valence-electron chi connectivity index (χ4n) is 3.28. The minimum Gasteiger partial charge on any atom is -0.325 e. The van der Waals surface area contributed by atoms with Crippen LogP contribution < -0.4 is 14.3 Å². The van der Waals surface area contributed by atoms with Crippen LogP contribution in [0.1, 0.15) is 11.1 Å². The largest absolute Gasteiger partial charge is 0.325 e. The zero-order valence-electron chi connectivity index (χ0n) is 19.0. The van der Waals surface area contributed by atoms with Crippen LogP contribution in [0.4, 0.5) is 17.1 Å². The predicted octanol–water partition coefficient (Wildman–Crippen LogP) is 4.82. The fourth-order valence-corrected chi connectivity index (χ4v) is 5.91. The minimum absolute atomic E-state index is 0.00357. The monoisotopic (exact) mass is 555 g/mol. The summed E-state index contributed by atoms with van der Waals surface area (Å²) in [5.41, 5.74) is 2.47. The van der Waals surface area contributed by atoms with Gasteiger partial charge in [0.2, 0.25) is 15.9 Å². The summed E-state index contributed by atoms with van der Waals surface area (Å²) in [6, 6.07) is 15.2. The molecule has 35 heavy (non-hydrogen) atoms. The van der Waals surface area contributed by atoms with E-state index < -0.39 is 32.5 Å². The van der Waals surface area contributed by atoms with Gasteiger partial charge < -0.3 is 5.32 Å². The molecule has 3 aromatic rings. The zero-order chi connectivity index (χ0) is 26.0. The van der Waals surface area contributed by atoms with E-state index >= 15 is 0 Å². The van der Waals surface area contributed by atoms with Crippen molar-refractivity contribution in [3.63, 3.8) is 0 Å². The molecule has 1 amide bonds. The van der Waals surface area contributed by atoms with Crippen LogP contribution >= 0.6 is 23.2 Å². The lowest BCUT2D eigenvalue weighted by Gasteiger charge is -2.23. The molecular formula is C23H23Cl2N3O5S2. The number of carbonyl (C=O) groups is 1. The quantitative estimate of drug-likeness (QED) is 0.413. The van der Waals surface area contributed by atoms with Crippen LogP contribution in [0.5, 0.6) is 0 Å². The molecule has 0 saturated heterocycles. The van der Waals surface area contributed by atoms with E-state index in [0.29, 0.717) is 10.7 Å². The first-order valence-electron chi connectivity index (χ1n) is 10.2. The molecule has 0 heterocycles. The van der Waals surface area contributed by atoms with Crippen molar-refractivity contribution < 1.29 is 21.6 Å². The van der Waals surface area contributed by atoms with Crippen molar-refractivity contribution in [1.29, 1.82) is 0 Å². The second-order valence-corrected chi connectivity index (χ2v) is 12.2. The van der Waals surface area contributed by atoms with Gasteiger partial charge in [0.15, 0.2) is 0 Å². The Morgan fingerprint density at radius 2 is 1.51 bits per heavy atom. The van der Waals surface area contributed by atoms with Crippen LogP contribution in [0.3, 0.4) is 0 Å². The highest BCUT2D eigenvalue weighted by atomic mass is 35.5. The van der Waals surface area contributed by atoms with Gasteiger partial charge in [-0.2, -0.15) is 0 Å². The molecule has 2 N–H and O–H groups in total. The molecule has 0 aliphatic heterocycles. The molecule has 12 heteroatoms. The first-order valence-corrected chi connectivity index (χ1v) is 14.3. The van der Waals surface area contributed by atoms with Gasteiger partial charge in [-0.25, -0.2) is 16.8 Å². The fraction of sp³-hybridized carbons (Fsp3) is 0.174. The number of halogens is 2. The maximum atomic E-state index is 12.8. The number of aryl methyl sites for hydroxylation is 2. The second kappa shape index (κ2) is 10.4. The molecule has 3 aromatic carbocycles. The molecule has 0 aromatic heterocycles. The number of nitrogens with zero attached hydrogens (tertiary/aromatic N) is 1. The van der Waals surface area contributed by atoms with E-state index in [0.717, 1.165) is 21.7 Å². The third-order valence-electron chi connectivity index (χ3n) is 5.03. The minimum atomic E-state index is -3.86. The highest BCUT2D eigenvalue weighted by Crippen LogP contribution is 2.30. The summed E-state index contributed by atoms with van der Waals surface area (Å²) < 4.78 is 53.7. The molecule has 0 spiro atoms. The zero-order valence-corrected chi connectivity index (χ0v) is 22.2. The molecule has 0 atom stereocenters. The van der Waals surface area contributed by atoms with E-state index in [-0.39, 0.29) is 21.3 Å². The van der Waals surface area contributed by atoms with E-state index in [9.17, 15) is 21.6 Å². The lowest BCUT2D eigenvalue weighted by Crippen LogP contribution is -2.37. The van der Waals surface area contributed by atoms with Crippen molar-refractivity contribution in [3.8, 4) is 0 Å². The van der Waals surface area contributed by atoms with E-state index in [1.807, 2.05) is 6.07 Å². The van der Waals surface area contributed by atoms with E-state index in [1.165, 1.54) is 42.5 Å². The van der Waals surface area contributed by atoms with Gasteiger partial charge in [0.05, 0.1) is 27.5 Å². The van der Waals surface area contributed by atoms with Gasteiger partial charge in [0.1, 0.15) is 6.54 Å². The number of nitrogens with one attached hydrogen (secondary N) is 2. The first kappa shape index (κ1) is 26.8. The van der Waals surface area contributed by atoms with Gasteiger partial charge in [-0.1, -0.05) is 41.4 Å². The van der Waals surface area contributed by atoms with E-state index in [2.05, 4.69) is 10.0 Å². The van der Waals surface area contributed by atoms with Crippen LogP contribution in [-0.2, 0) is 24.8 Å². The standard InChI is InChI=1S/C23H23Cl2N3O5S2/c1-15-5-4-6-16(2)23(15)27-35(32,33)19-10-8-18(9-11-19)26-22(29)14-28(34(3,30)31)21-12-7-17(24)13-20(21)25/h4-13,27H,14H2,1-3H3,(H,26,29). The summed E-state index contributed by atoms with van der Waals surface area (Å²) >= 11 is 12.0. The second-order valence-electron chi connectivity index (χ2n) is 7.81. The van der Waals surface area contributed by atoms with Crippen molar-refractivity contribution in [1.82, 2.24) is 0 Å². The van der Waals surface area contributed by atoms with Gasteiger partial charge in [-0.3, -0.25) is 13.8 Å². The Morgan fingerprint density at radius 1 is 0.914 bits per heavy atom. The number of hydrogen-bond acceptors (Lipinski definition) is 5.